The zero-order chi connectivity index (χ0) is 22.0. The average Bonchev–Trinajstić information content (AvgIpc) is 2.75. The molecule has 2 aromatic heterocycles. The quantitative estimate of drug-likeness (QED) is 0.423. The van der Waals surface area contributed by atoms with Gasteiger partial charge in [0.25, 0.3) is 5.91 Å². The number of hydrogen-bond donors (Lipinski definition) is 2. The third-order valence-corrected chi connectivity index (χ3v) is 5.39. The smallest absolute Gasteiger partial charge is 0.261 e. The number of benzene rings is 2. The number of aromatic nitrogens is 1. The summed E-state index contributed by atoms with van der Waals surface area (Å²) in [5.74, 6) is -0.355. The average molecular weight is 478 g/mol. The molecule has 0 bridgehead atoms. The van der Waals surface area contributed by atoms with Gasteiger partial charge in [-0.05, 0) is 49.7 Å². The van der Waals surface area contributed by atoms with Crippen LogP contribution >= 0.6 is 15.9 Å². The third kappa shape index (κ3) is 4.42. The maximum Gasteiger partial charge on any atom is 0.261 e. The van der Waals surface area contributed by atoms with Gasteiger partial charge in [-0.1, -0.05) is 40.2 Å². The molecule has 0 fully saturated rings. The Morgan fingerprint density at radius 1 is 1.16 bits per heavy atom. The maximum atomic E-state index is 13.3. The molecule has 156 valence electrons. The first kappa shape index (κ1) is 21.0. The van der Waals surface area contributed by atoms with E-state index in [0.717, 1.165) is 10.0 Å². The normalized spacial score (nSPS) is 11.7. The molecule has 0 aliphatic carbocycles. The highest BCUT2D eigenvalue weighted by atomic mass is 79.9. The van der Waals surface area contributed by atoms with Crippen LogP contribution in [0.15, 0.2) is 74.7 Å². The maximum absolute atomic E-state index is 13.3. The first-order valence-corrected chi connectivity index (χ1v) is 10.5. The summed E-state index contributed by atoms with van der Waals surface area (Å²) in [5.41, 5.74) is 4.39. The minimum Gasteiger partial charge on any atom is -0.436 e. The molecule has 4 aromatic rings. The topological polar surface area (TPSA) is 87.7 Å². The lowest BCUT2D eigenvalue weighted by Gasteiger charge is -2.11. The molecule has 2 heterocycles. The van der Waals surface area contributed by atoms with Crippen molar-refractivity contribution in [3.8, 4) is 0 Å². The standard InChI is InChI=1S/C24H20BrN3O3/c1-14-6-3-4-9-21(14)28-23(30)20-11-19-16(13-29)12-26-15(2)22(19)31-24(20)27-18-8-5-7-17(25)10-18/h3-12,29H,13H2,1-2H3,(H,28,30). The SMILES string of the molecule is Cc1ccccc1NC(=O)c1cc2c(CO)cnc(C)c2oc1=Nc1cccc(Br)c1. The minimum absolute atomic E-state index is 0.164. The van der Waals surface area contributed by atoms with Crippen molar-refractivity contribution in [3.63, 3.8) is 0 Å². The fraction of sp³-hybridized carbons (Fsp3) is 0.125. The molecule has 7 heteroatoms. The van der Waals surface area contributed by atoms with Gasteiger partial charge in [-0.25, -0.2) is 4.99 Å². The van der Waals surface area contributed by atoms with E-state index in [2.05, 4.69) is 31.2 Å². The van der Waals surface area contributed by atoms with Crippen molar-refractivity contribution in [2.75, 3.05) is 5.32 Å². The lowest BCUT2D eigenvalue weighted by atomic mass is 10.1. The van der Waals surface area contributed by atoms with Crippen LogP contribution in [0.5, 0.6) is 0 Å². The molecule has 0 saturated carbocycles. The number of aliphatic hydroxyl groups excluding tert-OH is 1. The van der Waals surface area contributed by atoms with E-state index in [9.17, 15) is 9.90 Å². The fourth-order valence-corrected chi connectivity index (χ4v) is 3.61. The summed E-state index contributed by atoms with van der Waals surface area (Å²) in [5, 5.41) is 13.3. The van der Waals surface area contributed by atoms with E-state index in [0.29, 0.717) is 33.6 Å². The number of fused-ring (bicyclic) bond motifs is 1. The first-order valence-electron chi connectivity index (χ1n) is 9.66. The second kappa shape index (κ2) is 8.83. The van der Waals surface area contributed by atoms with E-state index < -0.39 is 0 Å². The summed E-state index contributed by atoms with van der Waals surface area (Å²) < 4.78 is 6.94. The first-order chi connectivity index (χ1) is 15.0. The molecule has 2 N–H and O–H groups in total. The van der Waals surface area contributed by atoms with Gasteiger partial charge >= 0.3 is 0 Å². The predicted molar refractivity (Wildman–Crippen MR) is 123 cm³/mol. The van der Waals surface area contributed by atoms with Crippen LogP contribution < -0.4 is 10.9 Å². The van der Waals surface area contributed by atoms with Gasteiger partial charge in [-0.15, -0.1) is 0 Å². The zero-order valence-electron chi connectivity index (χ0n) is 17.0. The Bertz CT molecular complexity index is 1360. The highest BCUT2D eigenvalue weighted by Crippen LogP contribution is 2.23. The van der Waals surface area contributed by atoms with Gasteiger partial charge in [-0.2, -0.15) is 0 Å². The summed E-state index contributed by atoms with van der Waals surface area (Å²) in [4.78, 5) is 22.1. The Morgan fingerprint density at radius 3 is 2.71 bits per heavy atom. The van der Waals surface area contributed by atoms with Gasteiger partial charge in [-0.3, -0.25) is 9.78 Å². The zero-order valence-corrected chi connectivity index (χ0v) is 18.6. The number of hydrogen-bond acceptors (Lipinski definition) is 5. The Kier molecular flexibility index (Phi) is 5.97. The third-order valence-electron chi connectivity index (χ3n) is 4.90. The Balaban J connectivity index is 1.94. The van der Waals surface area contributed by atoms with Gasteiger partial charge in [0.1, 0.15) is 5.56 Å². The summed E-state index contributed by atoms with van der Waals surface area (Å²) in [6.07, 6.45) is 1.58. The number of nitrogens with one attached hydrogen (secondary N) is 1. The van der Waals surface area contributed by atoms with E-state index >= 15 is 0 Å². The second-order valence-electron chi connectivity index (χ2n) is 7.10. The number of carbonyl (C=O) groups is 1. The van der Waals surface area contributed by atoms with Gasteiger partial charge in [0.05, 0.1) is 18.0 Å². The molecule has 0 spiro atoms. The minimum atomic E-state index is -0.355. The number of halogens is 1. The summed E-state index contributed by atoms with van der Waals surface area (Å²) in [6.45, 7) is 3.51. The number of aryl methyl sites for hydroxylation is 2. The monoisotopic (exact) mass is 477 g/mol. The van der Waals surface area contributed by atoms with Crippen LogP contribution in [-0.2, 0) is 6.61 Å². The van der Waals surface area contributed by atoms with Crippen molar-refractivity contribution in [1.29, 1.82) is 0 Å². The highest BCUT2D eigenvalue weighted by molar-refractivity contribution is 9.10. The number of pyridine rings is 1. The molecule has 0 atom stereocenters. The molecule has 2 aromatic carbocycles. The second-order valence-corrected chi connectivity index (χ2v) is 8.01. The summed E-state index contributed by atoms with van der Waals surface area (Å²) in [7, 11) is 0. The van der Waals surface area contributed by atoms with Crippen LogP contribution in [0.3, 0.4) is 0 Å². The van der Waals surface area contributed by atoms with Gasteiger partial charge < -0.3 is 14.8 Å². The van der Waals surface area contributed by atoms with Crippen molar-refractivity contribution in [2.24, 2.45) is 4.99 Å². The van der Waals surface area contributed by atoms with E-state index in [1.807, 2.05) is 62.4 Å². The van der Waals surface area contributed by atoms with Crippen molar-refractivity contribution in [2.45, 2.75) is 20.5 Å². The van der Waals surface area contributed by atoms with Crippen LogP contribution in [0.1, 0.15) is 27.2 Å². The highest BCUT2D eigenvalue weighted by Gasteiger charge is 2.17. The Hall–Kier alpha value is -3.29. The molecular formula is C24H20BrN3O3. The van der Waals surface area contributed by atoms with E-state index in [1.54, 1.807) is 12.3 Å². The number of aliphatic hydroxyl groups is 1. The largest absolute Gasteiger partial charge is 0.436 e. The van der Waals surface area contributed by atoms with Crippen LogP contribution in [0.4, 0.5) is 11.4 Å². The van der Waals surface area contributed by atoms with E-state index in [-0.39, 0.29) is 23.6 Å². The molecule has 0 aliphatic heterocycles. The molecule has 0 aliphatic rings. The Labute approximate surface area is 187 Å². The van der Waals surface area contributed by atoms with Crippen LogP contribution in [0, 0.1) is 13.8 Å². The molecule has 4 rings (SSSR count). The number of anilines is 1. The molecule has 0 saturated heterocycles. The predicted octanol–water partition coefficient (Wildman–Crippen LogP) is 5.18. The Morgan fingerprint density at radius 2 is 1.97 bits per heavy atom. The lowest BCUT2D eigenvalue weighted by molar-refractivity contribution is 0.102. The van der Waals surface area contributed by atoms with Crippen LogP contribution in [-0.4, -0.2) is 16.0 Å². The van der Waals surface area contributed by atoms with Gasteiger partial charge in [0, 0.05) is 27.3 Å². The molecule has 1 amide bonds. The van der Waals surface area contributed by atoms with E-state index in [1.165, 1.54) is 0 Å². The number of para-hydroxylation sites is 1. The molecule has 31 heavy (non-hydrogen) atoms. The fourth-order valence-electron chi connectivity index (χ4n) is 3.23. The van der Waals surface area contributed by atoms with E-state index in [4.69, 9.17) is 4.42 Å². The molecule has 0 unspecified atom stereocenters. The number of amides is 1. The van der Waals surface area contributed by atoms with Crippen LogP contribution in [0.25, 0.3) is 11.0 Å². The van der Waals surface area contributed by atoms with Crippen molar-refractivity contribution in [3.05, 3.63) is 93.2 Å². The lowest BCUT2D eigenvalue weighted by Crippen LogP contribution is -2.22. The number of nitrogens with zero attached hydrogens (tertiary/aromatic N) is 2. The van der Waals surface area contributed by atoms with Crippen molar-refractivity contribution < 1.29 is 14.3 Å². The molecule has 0 radical (unpaired) electrons. The number of carbonyl (C=O) groups excluding carboxylic acids is 1. The molecular weight excluding hydrogens is 458 g/mol. The van der Waals surface area contributed by atoms with Crippen LogP contribution in [0.2, 0.25) is 0 Å². The van der Waals surface area contributed by atoms with Gasteiger partial charge in [0.15, 0.2) is 5.58 Å². The molecule has 6 nitrogen and oxygen atoms in total. The van der Waals surface area contributed by atoms with Crippen molar-refractivity contribution >= 4 is 44.2 Å². The van der Waals surface area contributed by atoms with Gasteiger partial charge in [0.2, 0.25) is 5.55 Å². The number of rotatable bonds is 4. The summed E-state index contributed by atoms with van der Waals surface area (Å²) in [6, 6.07) is 16.6. The van der Waals surface area contributed by atoms with Crippen molar-refractivity contribution in [1.82, 2.24) is 4.98 Å². The summed E-state index contributed by atoms with van der Waals surface area (Å²) >= 11 is 3.44.